The average molecular weight is 348 g/mol. The molecule has 0 unspecified atom stereocenters. The molecule has 2 heterocycles. The molecule has 4 rings (SSSR count). The SMILES string of the molecule is C[C@@H]1CCC[C@@]2(C1)OC[C@@H](C(=O)N1CCCC1)N2C(=O)C1CCCC1. The van der Waals surface area contributed by atoms with E-state index in [2.05, 4.69) is 6.92 Å². The first kappa shape index (κ1) is 17.3. The van der Waals surface area contributed by atoms with Crippen molar-refractivity contribution >= 4 is 11.8 Å². The Balaban J connectivity index is 1.61. The van der Waals surface area contributed by atoms with Crippen LogP contribution in [0.1, 0.15) is 71.1 Å². The number of rotatable bonds is 2. The molecule has 5 nitrogen and oxygen atoms in total. The molecular formula is C20H32N2O3. The van der Waals surface area contributed by atoms with E-state index in [0.717, 1.165) is 70.9 Å². The Bertz CT molecular complexity index is 525. The number of likely N-dealkylation sites (tertiary alicyclic amines) is 1. The van der Waals surface area contributed by atoms with Crippen molar-refractivity contribution < 1.29 is 14.3 Å². The van der Waals surface area contributed by atoms with Crippen molar-refractivity contribution in [1.29, 1.82) is 0 Å². The van der Waals surface area contributed by atoms with Crippen molar-refractivity contribution in [3.05, 3.63) is 0 Å². The summed E-state index contributed by atoms with van der Waals surface area (Å²) in [6.07, 6.45) is 10.4. The van der Waals surface area contributed by atoms with E-state index in [4.69, 9.17) is 4.74 Å². The topological polar surface area (TPSA) is 49.9 Å². The second-order valence-electron chi connectivity index (χ2n) is 8.70. The Labute approximate surface area is 151 Å². The zero-order chi connectivity index (χ0) is 17.4. The van der Waals surface area contributed by atoms with Crippen LogP contribution in [0.3, 0.4) is 0 Å². The second-order valence-corrected chi connectivity index (χ2v) is 8.70. The normalized spacial score (nSPS) is 36.5. The third kappa shape index (κ3) is 3.09. The lowest BCUT2D eigenvalue weighted by Crippen LogP contribution is -2.58. The van der Waals surface area contributed by atoms with E-state index in [0.29, 0.717) is 12.5 Å². The van der Waals surface area contributed by atoms with Gasteiger partial charge in [0.05, 0.1) is 6.61 Å². The minimum Gasteiger partial charge on any atom is -0.353 e. The van der Waals surface area contributed by atoms with Gasteiger partial charge >= 0.3 is 0 Å². The fourth-order valence-electron chi connectivity index (χ4n) is 5.54. The van der Waals surface area contributed by atoms with Crippen LogP contribution in [0.15, 0.2) is 0 Å². The number of amides is 2. The summed E-state index contributed by atoms with van der Waals surface area (Å²) in [6.45, 7) is 4.31. The van der Waals surface area contributed by atoms with Crippen LogP contribution < -0.4 is 0 Å². The first-order valence-corrected chi connectivity index (χ1v) is 10.4. The number of nitrogens with zero attached hydrogens (tertiary/aromatic N) is 2. The minimum absolute atomic E-state index is 0.102. The summed E-state index contributed by atoms with van der Waals surface area (Å²) < 4.78 is 6.30. The van der Waals surface area contributed by atoms with Gasteiger partial charge in [0.15, 0.2) is 0 Å². The highest BCUT2D eigenvalue weighted by Crippen LogP contribution is 2.45. The van der Waals surface area contributed by atoms with Crippen molar-refractivity contribution in [1.82, 2.24) is 9.80 Å². The van der Waals surface area contributed by atoms with Gasteiger partial charge in [-0.25, -0.2) is 0 Å². The molecule has 0 N–H and O–H groups in total. The van der Waals surface area contributed by atoms with Crippen molar-refractivity contribution in [2.75, 3.05) is 19.7 Å². The van der Waals surface area contributed by atoms with Crippen LogP contribution in [0.25, 0.3) is 0 Å². The predicted molar refractivity (Wildman–Crippen MR) is 94.7 cm³/mol. The molecule has 140 valence electrons. The fourth-order valence-corrected chi connectivity index (χ4v) is 5.54. The summed E-state index contributed by atoms with van der Waals surface area (Å²) in [6, 6.07) is -0.392. The van der Waals surface area contributed by atoms with Gasteiger partial charge in [-0.3, -0.25) is 14.5 Å². The van der Waals surface area contributed by atoms with Crippen molar-refractivity contribution in [3.63, 3.8) is 0 Å². The average Bonchev–Trinajstić information content (AvgIpc) is 3.35. The molecule has 0 aromatic carbocycles. The molecule has 2 aliphatic carbocycles. The molecular weight excluding hydrogens is 316 g/mol. The number of ether oxygens (including phenoxy) is 1. The molecule has 25 heavy (non-hydrogen) atoms. The molecule has 4 aliphatic rings. The third-order valence-electron chi connectivity index (χ3n) is 6.84. The van der Waals surface area contributed by atoms with E-state index in [1.807, 2.05) is 9.80 Å². The van der Waals surface area contributed by atoms with E-state index in [-0.39, 0.29) is 17.7 Å². The van der Waals surface area contributed by atoms with Gasteiger partial charge in [0.25, 0.3) is 0 Å². The van der Waals surface area contributed by atoms with E-state index in [9.17, 15) is 9.59 Å². The fraction of sp³-hybridized carbons (Fsp3) is 0.900. The van der Waals surface area contributed by atoms with Gasteiger partial charge in [0.2, 0.25) is 11.8 Å². The standard InChI is InChI=1S/C20H32N2O3/c1-15-7-6-10-20(13-15)22(18(23)16-8-2-3-9-16)17(14-25-20)19(24)21-11-4-5-12-21/h15-17H,2-14H2,1H3/t15-,17+,20+/m1/s1. The Kier molecular flexibility index (Phi) is 4.78. The van der Waals surface area contributed by atoms with Crippen LogP contribution in [0.4, 0.5) is 0 Å². The molecule has 1 spiro atoms. The van der Waals surface area contributed by atoms with Crippen LogP contribution in [-0.4, -0.2) is 53.1 Å². The minimum atomic E-state index is -0.516. The van der Waals surface area contributed by atoms with E-state index >= 15 is 0 Å². The third-order valence-corrected chi connectivity index (χ3v) is 6.84. The predicted octanol–water partition coefficient (Wildman–Crippen LogP) is 2.93. The smallest absolute Gasteiger partial charge is 0.247 e. The second kappa shape index (κ2) is 6.90. The van der Waals surface area contributed by atoms with Crippen LogP contribution in [0, 0.1) is 11.8 Å². The maximum absolute atomic E-state index is 13.4. The van der Waals surface area contributed by atoms with Gasteiger partial charge in [-0.15, -0.1) is 0 Å². The van der Waals surface area contributed by atoms with E-state index in [1.165, 1.54) is 6.42 Å². The van der Waals surface area contributed by atoms with E-state index in [1.54, 1.807) is 0 Å². The monoisotopic (exact) mass is 348 g/mol. The Morgan fingerprint density at radius 1 is 0.960 bits per heavy atom. The largest absolute Gasteiger partial charge is 0.353 e. The van der Waals surface area contributed by atoms with Crippen molar-refractivity contribution in [2.24, 2.45) is 11.8 Å². The number of hydrogen-bond donors (Lipinski definition) is 0. The van der Waals surface area contributed by atoms with Crippen molar-refractivity contribution in [3.8, 4) is 0 Å². The highest BCUT2D eigenvalue weighted by molar-refractivity contribution is 5.90. The highest BCUT2D eigenvalue weighted by Gasteiger charge is 2.55. The molecule has 0 radical (unpaired) electrons. The lowest BCUT2D eigenvalue weighted by Gasteiger charge is -2.44. The summed E-state index contributed by atoms with van der Waals surface area (Å²) in [5.41, 5.74) is -0.516. The Morgan fingerprint density at radius 3 is 2.36 bits per heavy atom. The molecule has 2 amide bonds. The van der Waals surface area contributed by atoms with Gasteiger partial charge in [0.1, 0.15) is 11.8 Å². The maximum Gasteiger partial charge on any atom is 0.247 e. The van der Waals surface area contributed by atoms with Gasteiger partial charge < -0.3 is 9.64 Å². The zero-order valence-electron chi connectivity index (χ0n) is 15.5. The summed E-state index contributed by atoms with van der Waals surface area (Å²) in [5.74, 6) is 0.971. The van der Waals surface area contributed by atoms with Gasteiger partial charge in [-0.2, -0.15) is 0 Å². The Hall–Kier alpha value is -1.10. The van der Waals surface area contributed by atoms with E-state index < -0.39 is 11.8 Å². The quantitative estimate of drug-likeness (QED) is 0.771. The first-order chi connectivity index (χ1) is 12.1. The summed E-state index contributed by atoms with van der Waals surface area (Å²) in [4.78, 5) is 30.5. The lowest BCUT2D eigenvalue weighted by molar-refractivity contribution is -0.167. The van der Waals surface area contributed by atoms with Crippen LogP contribution in [0.5, 0.6) is 0 Å². The Morgan fingerprint density at radius 2 is 1.68 bits per heavy atom. The summed E-state index contributed by atoms with van der Waals surface area (Å²) >= 11 is 0. The van der Waals surface area contributed by atoms with Gasteiger partial charge in [-0.05, 0) is 50.9 Å². The van der Waals surface area contributed by atoms with Gasteiger partial charge in [-0.1, -0.05) is 26.2 Å². The molecule has 2 saturated carbocycles. The van der Waals surface area contributed by atoms with Crippen molar-refractivity contribution in [2.45, 2.75) is 82.9 Å². The number of carbonyl (C=O) groups is 2. The lowest BCUT2D eigenvalue weighted by atomic mass is 9.82. The molecule has 3 atom stereocenters. The molecule has 0 aromatic heterocycles. The maximum atomic E-state index is 13.4. The molecule has 5 heteroatoms. The molecule has 0 bridgehead atoms. The summed E-state index contributed by atoms with van der Waals surface area (Å²) in [7, 11) is 0. The first-order valence-electron chi connectivity index (χ1n) is 10.4. The van der Waals surface area contributed by atoms with Gasteiger partial charge in [0, 0.05) is 19.0 Å². The summed E-state index contributed by atoms with van der Waals surface area (Å²) in [5, 5.41) is 0. The number of carbonyl (C=O) groups excluding carboxylic acids is 2. The van der Waals surface area contributed by atoms with Crippen LogP contribution in [0.2, 0.25) is 0 Å². The molecule has 2 aliphatic heterocycles. The number of hydrogen-bond acceptors (Lipinski definition) is 3. The molecule has 2 saturated heterocycles. The molecule has 4 fully saturated rings. The zero-order valence-corrected chi connectivity index (χ0v) is 15.5. The molecule has 0 aromatic rings. The van der Waals surface area contributed by atoms with Crippen LogP contribution >= 0.6 is 0 Å². The van der Waals surface area contributed by atoms with Crippen LogP contribution in [-0.2, 0) is 14.3 Å². The highest BCUT2D eigenvalue weighted by atomic mass is 16.5.